The maximum Gasteiger partial charge on any atom is 0.348 e. The molecule has 2 aliphatic rings. The van der Waals surface area contributed by atoms with Crippen LogP contribution in [0.25, 0.3) is 0 Å². The van der Waals surface area contributed by atoms with Crippen molar-refractivity contribution in [2.24, 2.45) is 0 Å². The van der Waals surface area contributed by atoms with Crippen LogP contribution in [0.1, 0.15) is 30.4 Å². The van der Waals surface area contributed by atoms with E-state index >= 15 is 0 Å². The number of rotatable bonds is 4. The molecule has 1 saturated heterocycles. The third kappa shape index (κ3) is 3.04. The molecule has 0 spiro atoms. The van der Waals surface area contributed by atoms with E-state index in [1.165, 1.54) is 11.1 Å². The zero-order valence-electron chi connectivity index (χ0n) is 14.0. The SMILES string of the molecule is O=C(O)C1(Oc2ccc3c(c2)CCC3)CCN(c2cccnn2)CC1. The number of anilines is 1. The van der Waals surface area contributed by atoms with E-state index in [-0.39, 0.29) is 0 Å². The first-order valence-corrected chi connectivity index (χ1v) is 8.73. The number of piperidine rings is 1. The van der Waals surface area contributed by atoms with Crippen molar-refractivity contribution in [2.75, 3.05) is 18.0 Å². The van der Waals surface area contributed by atoms with Gasteiger partial charge in [-0.3, -0.25) is 0 Å². The number of carboxylic acid groups (broad SMARTS) is 1. The van der Waals surface area contributed by atoms with Gasteiger partial charge in [0.15, 0.2) is 5.82 Å². The summed E-state index contributed by atoms with van der Waals surface area (Å²) in [4.78, 5) is 14.0. The molecule has 1 aliphatic carbocycles. The molecule has 0 unspecified atom stereocenters. The second kappa shape index (κ2) is 6.35. The Balaban J connectivity index is 1.51. The summed E-state index contributed by atoms with van der Waals surface area (Å²) in [5.74, 6) is 0.543. The van der Waals surface area contributed by atoms with Crippen LogP contribution < -0.4 is 9.64 Å². The first-order chi connectivity index (χ1) is 12.2. The van der Waals surface area contributed by atoms with Crippen LogP contribution in [0.4, 0.5) is 5.82 Å². The van der Waals surface area contributed by atoms with Crippen LogP contribution in [-0.2, 0) is 17.6 Å². The quantitative estimate of drug-likeness (QED) is 0.922. The largest absolute Gasteiger partial charge is 0.478 e. The molecule has 1 N–H and O–H groups in total. The van der Waals surface area contributed by atoms with E-state index in [0.29, 0.717) is 31.7 Å². The van der Waals surface area contributed by atoms with E-state index in [2.05, 4.69) is 21.2 Å². The van der Waals surface area contributed by atoms with Gasteiger partial charge in [-0.15, -0.1) is 5.10 Å². The van der Waals surface area contributed by atoms with Crippen molar-refractivity contribution >= 4 is 11.8 Å². The molecule has 6 nitrogen and oxygen atoms in total. The fourth-order valence-corrected chi connectivity index (χ4v) is 3.76. The number of ether oxygens (including phenoxy) is 1. The number of aryl methyl sites for hydroxylation is 2. The second-order valence-corrected chi connectivity index (χ2v) is 6.75. The molecular weight excluding hydrogens is 318 g/mol. The van der Waals surface area contributed by atoms with Gasteiger partial charge in [-0.1, -0.05) is 6.07 Å². The number of fused-ring (bicyclic) bond motifs is 1. The lowest BCUT2D eigenvalue weighted by Crippen LogP contribution is -2.53. The monoisotopic (exact) mass is 339 g/mol. The molecule has 0 bridgehead atoms. The maximum atomic E-state index is 12.0. The molecule has 0 amide bonds. The summed E-state index contributed by atoms with van der Waals surface area (Å²) >= 11 is 0. The average Bonchev–Trinajstić information content (AvgIpc) is 3.11. The normalized spacial score (nSPS) is 18.6. The summed E-state index contributed by atoms with van der Waals surface area (Å²) in [7, 11) is 0. The summed E-state index contributed by atoms with van der Waals surface area (Å²) in [6.45, 7) is 1.16. The van der Waals surface area contributed by atoms with Gasteiger partial charge in [0.25, 0.3) is 0 Å². The Kier molecular flexibility index (Phi) is 4.03. The number of aliphatic carboxylic acids is 1. The molecule has 1 aromatic carbocycles. The highest BCUT2D eigenvalue weighted by Gasteiger charge is 2.44. The van der Waals surface area contributed by atoms with Crippen molar-refractivity contribution < 1.29 is 14.6 Å². The van der Waals surface area contributed by atoms with Crippen molar-refractivity contribution in [3.05, 3.63) is 47.7 Å². The zero-order chi connectivity index (χ0) is 17.3. The van der Waals surface area contributed by atoms with Gasteiger partial charge in [-0.25, -0.2) is 4.79 Å². The zero-order valence-corrected chi connectivity index (χ0v) is 14.0. The van der Waals surface area contributed by atoms with Gasteiger partial charge in [0.2, 0.25) is 5.60 Å². The Labute approximate surface area is 146 Å². The fourth-order valence-electron chi connectivity index (χ4n) is 3.76. The van der Waals surface area contributed by atoms with Gasteiger partial charge < -0.3 is 14.7 Å². The first-order valence-electron chi connectivity index (χ1n) is 8.73. The predicted octanol–water partition coefficient (Wildman–Crippen LogP) is 2.47. The molecule has 130 valence electrons. The lowest BCUT2D eigenvalue weighted by atomic mass is 9.91. The third-order valence-corrected chi connectivity index (χ3v) is 5.23. The second-order valence-electron chi connectivity index (χ2n) is 6.75. The smallest absolute Gasteiger partial charge is 0.348 e. The third-order valence-electron chi connectivity index (χ3n) is 5.23. The molecule has 1 fully saturated rings. The highest BCUT2D eigenvalue weighted by Crippen LogP contribution is 2.33. The van der Waals surface area contributed by atoms with Gasteiger partial charge in [0.05, 0.1) is 0 Å². The number of carboxylic acids is 1. The van der Waals surface area contributed by atoms with Gasteiger partial charge in [-0.2, -0.15) is 5.10 Å². The van der Waals surface area contributed by atoms with Gasteiger partial charge in [0.1, 0.15) is 5.75 Å². The average molecular weight is 339 g/mol. The molecule has 25 heavy (non-hydrogen) atoms. The number of hydrogen-bond acceptors (Lipinski definition) is 5. The Morgan fingerprint density at radius 1 is 1.16 bits per heavy atom. The van der Waals surface area contributed by atoms with E-state index in [0.717, 1.165) is 25.1 Å². The summed E-state index contributed by atoms with van der Waals surface area (Å²) < 4.78 is 6.05. The molecule has 2 aromatic rings. The Morgan fingerprint density at radius 3 is 2.68 bits per heavy atom. The number of aromatic nitrogens is 2. The molecule has 4 rings (SSSR count). The lowest BCUT2D eigenvalue weighted by Gasteiger charge is -2.39. The van der Waals surface area contributed by atoms with Crippen LogP contribution in [-0.4, -0.2) is 40.0 Å². The Bertz CT molecular complexity index is 771. The number of carbonyl (C=O) groups is 1. The van der Waals surface area contributed by atoms with Crippen molar-refractivity contribution in [1.29, 1.82) is 0 Å². The van der Waals surface area contributed by atoms with Crippen LogP contribution in [0.2, 0.25) is 0 Å². The number of benzene rings is 1. The van der Waals surface area contributed by atoms with Crippen molar-refractivity contribution in [3.8, 4) is 5.75 Å². The minimum atomic E-state index is -1.18. The molecule has 0 saturated carbocycles. The van der Waals surface area contributed by atoms with Crippen LogP contribution >= 0.6 is 0 Å². The van der Waals surface area contributed by atoms with Crippen LogP contribution in [0.5, 0.6) is 5.75 Å². The van der Waals surface area contributed by atoms with Crippen LogP contribution in [0, 0.1) is 0 Å². The first kappa shape index (κ1) is 15.9. The van der Waals surface area contributed by atoms with Gasteiger partial charge >= 0.3 is 5.97 Å². The molecule has 2 heterocycles. The van der Waals surface area contributed by atoms with E-state index in [4.69, 9.17) is 4.74 Å². The summed E-state index contributed by atoms with van der Waals surface area (Å²) in [6.07, 6.45) is 5.77. The summed E-state index contributed by atoms with van der Waals surface area (Å²) in [6, 6.07) is 9.72. The lowest BCUT2D eigenvalue weighted by molar-refractivity contribution is -0.157. The molecule has 1 aromatic heterocycles. The van der Waals surface area contributed by atoms with Crippen LogP contribution in [0.15, 0.2) is 36.5 Å². The van der Waals surface area contributed by atoms with E-state index in [1.54, 1.807) is 6.20 Å². The van der Waals surface area contributed by atoms with E-state index < -0.39 is 11.6 Å². The standard InChI is InChI=1S/C19H21N3O3/c23-18(24)19(25-16-7-6-14-3-1-4-15(14)13-16)8-11-22(12-9-19)17-5-2-10-20-21-17/h2,5-7,10,13H,1,3-4,8-9,11-12H2,(H,23,24). The molecule has 1 aliphatic heterocycles. The topological polar surface area (TPSA) is 75.6 Å². The highest BCUT2D eigenvalue weighted by molar-refractivity contribution is 5.78. The summed E-state index contributed by atoms with van der Waals surface area (Å²) in [5.41, 5.74) is 1.47. The minimum Gasteiger partial charge on any atom is -0.478 e. The minimum absolute atomic E-state index is 0.413. The van der Waals surface area contributed by atoms with Crippen molar-refractivity contribution in [3.63, 3.8) is 0 Å². The Morgan fingerprint density at radius 2 is 1.96 bits per heavy atom. The van der Waals surface area contributed by atoms with Crippen LogP contribution in [0.3, 0.4) is 0 Å². The molecule has 6 heteroatoms. The van der Waals surface area contributed by atoms with Crippen molar-refractivity contribution in [1.82, 2.24) is 10.2 Å². The van der Waals surface area contributed by atoms with Gasteiger partial charge in [0, 0.05) is 32.1 Å². The summed E-state index contributed by atoms with van der Waals surface area (Å²) in [5, 5.41) is 17.8. The van der Waals surface area contributed by atoms with E-state index in [9.17, 15) is 9.90 Å². The number of nitrogens with zero attached hydrogens (tertiary/aromatic N) is 3. The fraction of sp³-hybridized carbons (Fsp3) is 0.421. The molecule has 0 radical (unpaired) electrons. The van der Waals surface area contributed by atoms with E-state index in [1.807, 2.05) is 24.3 Å². The van der Waals surface area contributed by atoms with Crippen molar-refractivity contribution in [2.45, 2.75) is 37.7 Å². The number of hydrogen-bond donors (Lipinski definition) is 1. The molecular formula is C19H21N3O3. The maximum absolute atomic E-state index is 12.0. The predicted molar refractivity (Wildman–Crippen MR) is 92.9 cm³/mol. The highest BCUT2D eigenvalue weighted by atomic mass is 16.5. The van der Waals surface area contributed by atoms with Gasteiger partial charge in [-0.05, 0) is 54.7 Å². The Hall–Kier alpha value is -2.63. The molecule has 0 atom stereocenters.